The minimum atomic E-state index is 1.10. The van der Waals surface area contributed by atoms with Gasteiger partial charge in [-0.3, -0.25) is 0 Å². The Bertz CT molecular complexity index is 2930. The molecule has 10 aromatic rings. The van der Waals surface area contributed by atoms with Gasteiger partial charge in [0.05, 0.1) is 0 Å². The fourth-order valence-electron chi connectivity index (χ4n) is 7.86. The topological polar surface area (TPSA) is 3.24 Å². The summed E-state index contributed by atoms with van der Waals surface area (Å²) in [6.07, 6.45) is 0. The number of anilines is 3. The predicted molar refractivity (Wildman–Crippen MR) is 241 cm³/mol. The maximum Gasteiger partial charge on any atom is 0.0468 e. The number of benzene rings is 9. The Morgan fingerprint density at radius 3 is 1.36 bits per heavy atom. The molecule has 0 amide bonds. The van der Waals surface area contributed by atoms with E-state index >= 15 is 0 Å². The molecule has 0 saturated heterocycles. The van der Waals surface area contributed by atoms with E-state index in [4.69, 9.17) is 0 Å². The van der Waals surface area contributed by atoms with Crippen LogP contribution < -0.4 is 4.90 Å². The van der Waals surface area contributed by atoms with E-state index < -0.39 is 0 Å². The number of nitrogens with zero attached hydrogens (tertiary/aromatic N) is 1. The average Bonchev–Trinajstić information content (AvgIpc) is 3.66. The van der Waals surface area contributed by atoms with Crippen molar-refractivity contribution >= 4 is 48.6 Å². The van der Waals surface area contributed by atoms with Crippen LogP contribution in [0, 0.1) is 0 Å². The molecule has 0 radical (unpaired) electrons. The lowest BCUT2D eigenvalue weighted by atomic mass is 9.93. The van der Waals surface area contributed by atoms with Gasteiger partial charge < -0.3 is 4.90 Å². The van der Waals surface area contributed by atoms with Gasteiger partial charge in [-0.1, -0.05) is 164 Å². The molecule has 264 valence electrons. The quantitative estimate of drug-likeness (QED) is 0.150. The summed E-state index contributed by atoms with van der Waals surface area (Å²) in [5.74, 6) is 0. The summed E-state index contributed by atoms with van der Waals surface area (Å²) in [4.78, 5) is 2.37. The standard InChI is InChI=1S/C54H37NS/c1-4-13-38(14-5-1)39-23-28-46(29-24-39)55(48-32-33-49(41-15-6-2-7-16-41)51(37-48)42-17-8-3-9-18-42)47-30-25-40(26-31-47)43-19-12-20-44(35-43)45-27-34-54-52(36-45)50-21-10-11-22-53(50)56-54/h1-37H. The highest BCUT2D eigenvalue weighted by Gasteiger charge is 2.17. The van der Waals surface area contributed by atoms with Crippen LogP contribution in [0.4, 0.5) is 17.1 Å². The zero-order valence-corrected chi connectivity index (χ0v) is 31.5. The Balaban J connectivity index is 1.05. The van der Waals surface area contributed by atoms with Gasteiger partial charge in [-0.15, -0.1) is 11.3 Å². The van der Waals surface area contributed by atoms with Crippen molar-refractivity contribution in [2.75, 3.05) is 4.90 Å². The van der Waals surface area contributed by atoms with E-state index in [0.29, 0.717) is 0 Å². The van der Waals surface area contributed by atoms with Gasteiger partial charge in [-0.2, -0.15) is 0 Å². The van der Waals surface area contributed by atoms with Crippen molar-refractivity contribution in [1.82, 2.24) is 0 Å². The van der Waals surface area contributed by atoms with Gasteiger partial charge in [0.15, 0.2) is 0 Å². The summed E-state index contributed by atoms with van der Waals surface area (Å²) in [5.41, 5.74) is 15.3. The Kier molecular flexibility index (Phi) is 8.79. The minimum absolute atomic E-state index is 1.10. The molecular formula is C54H37NS. The number of thiophene rings is 1. The van der Waals surface area contributed by atoms with Crippen LogP contribution in [0.15, 0.2) is 224 Å². The molecule has 0 atom stereocenters. The molecule has 2 heteroatoms. The number of rotatable bonds is 8. The van der Waals surface area contributed by atoms with Gasteiger partial charge in [0.1, 0.15) is 0 Å². The molecule has 1 nitrogen and oxygen atoms in total. The molecule has 0 unspecified atom stereocenters. The van der Waals surface area contributed by atoms with Gasteiger partial charge in [0.25, 0.3) is 0 Å². The molecule has 0 bridgehead atoms. The Morgan fingerprint density at radius 1 is 0.250 bits per heavy atom. The SMILES string of the molecule is c1ccc(-c2ccc(N(c3ccc(-c4cccc(-c5ccc6sc7ccccc7c6c5)c4)cc3)c3ccc(-c4ccccc4)c(-c4ccccc4)c3)cc2)cc1. The third kappa shape index (κ3) is 6.47. The third-order valence-corrected chi connectivity index (χ3v) is 11.8. The molecule has 0 aliphatic carbocycles. The summed E-state index contributed by atoms with van der Waals surface area (Å²) >= 11 is 1.86. The van der Waals surface area contributed by atoms with Crippen molar-refractivity contribution in [2.45, 2.75) is 0 Å². The van der Waals surface area contributed by atoms with Crippen LogP contribution in [-0.4, -0.2) is 0 Å². The molecule has 0 fully saturated rings. The van der Waals surface area contributed by atoms with Crippen molar-refractivity contribution in [1.29, 1.82) is 0 Å². The van der Waals surface area contributed by atoms with Crippen LogP contribution in [-0.2, 0) is 0 Å². The summed E-state index contributed by atoms with van der Waals surface area (Å²) in [7, 11) is 0. The number of hydrogen-bond donors (Lipinski definition) is 0. The zero-order chi connectivity index (χ0) is 37.3. The lowest BCUT2D eigenvalue weighted by Gasteiger charge is -2.27. The van der Waals surface area contributed by atoms with Crippen molar-refractivity contribution in [2.24, 2.45) is 0 Å². The maximum absolute atomic E-state index is 2.37. The molecular weight excluding hydrogens is 695 g/mol. The molecule has 1 aromatic heterocycles. The van der Waals surface area contributed by atoms with E-state index in [1.165, 1.54) is 75.8 Å². The highest BCUT2D eigenvalue weighted by Crippen LogP contribution is 2.42. The predicted octanol–water partition coefficient (Wildman–Crippen LogP) is 15.9. The average molecular weight is 732 g/mol. The second-order valence-corrected chi connectivity index (χ2v) is 15.2. The smallest absolute Gasteiger partial charge is 0.0468 e. The van der Waals surface area contributed by atoms with Gasteiger partial charge in [-0.25, -0.2) is 0 Å². The van der Waals surface area contributed by atoms with Gasteiger partial charge in [0.2, 0.25) is 0 Å². The first kappa shape index (κ1) is 33.6. The monoisotopic (exact) mass is 731 g/mol. The third-order valence-electron chi connectivity index (χ3n) is 10.7. The van der Waals surface area contributed by atoms with Crippen LogP contribution in [0.25, 0.3) is 75.8 Å². The number of fused-ring (bicyclic) bond motifs is 3. The van der Waals surface area contributed by atoms with Crippen LogP contribution >= 0.6 is 11.3 Å². The zero-order valence-electron chi connectivity index (χ0n) is 30.7. The molecule has 10 rings (SSSR count). The van der Waals surface area contributed by atoms with E-state index in [0.717, 1.165) is 17.1 Å². The summed E-state index contributed by atoms with van der Waals surface area (Å²) < 4.78 is 2.66. The second-order valence-electron chi connectivity index (χ2n) is 14.1. The van der Waals surface area contributed by atoms with E-state index in [9.17, 15) is 0 Å². The maximum atomic E-state index is 2.37. The Hall–Kier alpha value is -7.00. The van der Waals surface area contributed by atoms with Crippen LogP contribution in [0.2, 0.25) is 0 Å². The van der Waals surface area contributed by atoms with Crippen molar-refractivity contribution < 1.29 is 0 Å². The summed E-state index contributed by atoms with van der Waals surface area (Å²) in [5, 5.41) is 2.65. The van der Waals surface area contributed by atoms with Gasteiger partial charge >= 0.3 is 0 Å². The van der Waals surface area contributed by atoms with Gasteiger partial charge in [0, 0.05) is 37.2 Å². The lowest BCUT2D eigenvalue weighted by Crippen LogP contribution is -2.10. The van der Waals surface area contributed by atoms with E-state index in [1.807, 2.05) is 11.3 Å². The minimum Gasteiger partial charge on any atom is -0.310 e. The lowest BCUT2D eigenvalue weighted by molar-refractivity contribution is 1.28. The summed E-state index contributed by atoms with van der Waals surface area (Å²) in [6.45, 7) is 0. The van der Waals surface area contributed by atoms with E-state index in [-0.39, 0.29) is 0 Å². The molecule has 56 heavy (non-hydrogen) atoms. The van der Waals surface area contributed by atoms with Crippen molar-refractivity contribution in [3.8, 4) is 55.6 Å². The molecule has 0 spiro atoms. The van der Waals surface area contributed by atoms with Crippen molar-refractivity contribution in [3.05, 3.63) is 224 Å². The molecule has 1 heterocycles. The van der Waals surface area contributed by atoms with Crippen molar-refractivity contribution in [3.63, 3.8) is 0 Å². The second kappa shape index (κ2) is 14.7. The first-order valence-corrected chi connectivity index (χ1v) is 19.9. The van der Waals surface area contributed by atoms with Crippen LogP contribution in [0.1, 0.15) is 0 Å². The fraction of sp³-hybridized carbons (Fsp3) is 0. The first-order chi connectivity index (χ1) is 27.7. The largest absolute Gasteiger partial charge is 0.310 e. The van der Waals surface area contributed by atoms with E-state index in [1.54, 1.807) is 0 Å². The molecule has 9 aromatic carbocycles. The van der Waals surface area contributed by atoms with Crippen LogP contribution in [0.3, 0.4) is 0 Å². The molecule has 0 saturated carbocycles. The first-order valence-electron chi connectivity index (χ1n) is 19.1. The highest BCUT2D eigenvalue weighted by atomic mass is 32.1. The fourth-order valence-corrected chi connectivity index (χ4v) is 8.95. The van der Waals surface area contributed by atoms with Crippen LogP contribution in [0.5, 0.6) is 0 Å². The van der Waals surface area contributed by atoms with E-state index in [2.05, 4.69) is 229 Å². The normalized spacial score (nSPS) is 11.2. The Labute approximate surface area is 332 Å². The molecule has 0 N–H and O–H groups in total. The summed E-state index contributed by atoms with van der Waals surface area (Å²) in [6, 6.07) is 81.3. The Morgan fingerprint density at radius 2 is 0.696 bits per heavy atom. The van der Waals surface area contributed by atoms with Gasteiger partial charge in [-0.05, 0) is 116 Å². The molecule has 0 aliphatic heterocycles. The number of hydrogen-bond acceptors (Lipinski definition) is 2. The highest BCUT2D eigenvalue weighted by molar-refractivity contribution is 7.25. The molecule has 0 aliphatic rings.